The van der Waals surface area contributed by atoms with Gasteiger partial charge in [-0.1, -0.05) is 52.3 Å². The van der Waals surface area contributed by atoms with Gasteiger partial charge in [0.25, 0.3) is 5.91 Å². The quantitative estimate of drug-likeness (QED) is 0.814. The van der Waals surface area contributed by atoms with Crippen LogP contribution in [0.5, 0.6) is 0 Å². The third-order valence-electron chi connectivity index (χ3n) is 3.55. The SMILES string of the molecule is O=C(O[C@H](C(=O)NC1CC1)c1ccccc1)c1cccc(Br)c1. The molecule has 0 unspecified atom stereocenters. The fourth-order valence-corrected chi connectivity index (χ4v) is 2.60. The van der Waals surface area contributed by atoms with Crippen LogP contribution in [0.2, 0.25) is 0 Å². The van der Waals surface area contributed by atoms with Crippen LogP contribution in [0.3, 0.4) is 0 Å². The minimum Gasteiger partial charge on any atom is -0.444 e. The van der Waals surface area contributed by atoms with Crippen LogP contribution in [-0.2, 0) is 9.53 Å². The van der Waals surface area contributed by atoms with Gasteiger partial charge in [0.1, 0.15) is 0 Å². The summed E-state index contributed by atoms with van der Waals surface area (Å²) < 4.78 is 6.28. The zero-order valence-electron chi connectivity index (χ0n) is 12.4. The van der Waals surface area contributed by atoms with Crippen LogP contribution in [0.1, 0.15) is 34.9 Å². The number of amides is 1. The van der Waals surface area contributed by atoms with Crippen LogP contribution in [0, 0.1) is 0 Å². The van der Waals surface area contributed by atoms with E-state index < -0.39 is 12.1 Å². The van der Waals surface area contributed by atoms with Gasteiger partial charge in [-0.2, -0.15) is 0 Å². The summed E-state index contributed by atoms with van der Waals surface area (Å²) in [5.74, 6) is -0.798. The Bertz CT molecular complexity index is 713. The van der Waals surface area contributed by atoms with Crippen molar-refractivity contribution in [2.75, 3.05) is 0 Å². The molecular formula is C18H16BrNO3. The standard InChI is InChI=1S/C18H16BrNO3/c19-14-8-4-7-13(11-14)18(22)23-16(12-5-2-1-3-6-12)17(21)20-15-9-10-15/h1-8,11,15-16H,9-10H2,(H,20,21)/t16-/m0/s1. The van der Waals surface area contributed by atoms with Crippen LogP contribution in [0.25, 0.3) is 0 Å². The first-order chi connectivity index (χ1) is 11.1. The highest BCUT2D eigenvalue weighted by Crippen LogP contribution is 2.24. The highest BCUT2D eigenvalue weighted by molar-refractivity contribution is 9.10. The summed E-state index contributed by atoms with van der Waals surface area (Å²) in [4.78, 5) is 24.8. The van der Waals surface area contributed by atoms with Crippen LogP contribution in [0.15, 0.2) is 59.1 Å². The molecule has 0 aromatic heterocycles. The van der Waals surface area contributed by atoms with E-state index in [1.807, 2.05) is 24.3 Å². The number of nitrogens with one attached hydrogen (secondary N) is 1. The molecule has 118 valence electrons. The molecule has 1 atom stereocenters. The molecule has 23 heavy (non-hydrogen) atoms. The Morgan fingerprint density at radius 1 is 1.09 bits per heavy atom. The van der Waals surface area contributed by atoms with E-state index in [2.05, 4.69) is 21.2 Å². The van der Waals surface area contributed by atoms with Gasteiger partial charge in [0, 0.05) is 16.1 Å². The van der Waals surface area contributed by atoms with Crippen molar-refractivity contribution in [3.63, 3.8) is 0 Å². The first kappa shape index (κ1) is 15.7. The van der Waals surface area contributed by atoms with Gasteiger partial charge in [-0.3, -0.25) is 4.79 Å². The van der Waals surface area contributed by atoms with E-state index in [0.717, 1.165) is 17.3 Å². The highest BCUT2D eigenvalue weighted by Gasteiger charge is 2.31. The number of carbonyl (C=O) groups excluding carboxylic acids is 2. The second kappa shape index (κ2) is 6.96. The van der Waals surface area contributed by atoms with Gasteiger partial charge in [0.05, 0.1) is 5.56 Å². The Labute approximate surface area is 143 Å². The van der Waals surface area contributed by atoms with E-state index in [1.54, 1.807) is 30.3 Å². The summed E-state index contributed by atoms with van der Waals surface area (Å²) in [6, 6.07) is 16.2. The van der Waals surface area contributed by atoms with Gasteiger partial charge in [-0.15, -0.1) is 0 Å². The maximum absolute atomic E-state index is 12.4. The van der Waals surface area contributed by atoms with E-state index in [4.69, 9.17) is 4.74 Å². The number of halogens is 1. The second-order valence-electron chi connectivity index (χ2n) is 5.49. The zero-order chi connectivity index (χ0) is 16.2. The van der Waals surface area contributed by atoms with E-state index in [1.165, 1.54) is 0 Å². The lowest BCUT2D eigenvalue weighted by atomic mass is 10.1. The monoisotopic (exact) mass is 373 g/mol. The fraction of sp³-hybridized carbons (Fsp3) is 0.222. The Morgan fingerprint density at radius 3 is 2.48 bits per heavy atom. The van der Waals surface area contributed by atoms with E-state index in [9.17, 15) is 9.59 Å². The summed E-state index contributed by atoms with van der Waals surface area (Å²) in [7, 11) is 0. The smallest absolute Gasteiger partial charge is 0.339 e. The fourth-order valence-electron chi connectivity index (χ4n) is 2.20. The second-order valence-corrected chi connectivity index (χ2v) is 6.40. The summed E-state index contributed by atoms with van der Waals surface area (Å²) in [5.41, 5.74) is 1.06. The summed E-state index contributed by atoms with van der Waals surface area (Å²) >= 11 is 3.32. The number of benzene rings is 2. The van der Waals surface area contributed by atoms with E-state index in [0.29, 0.717) is 11.1 Å². The number of hydrogen-bond donors (Lipinski definition) is 1. The zero-order valence-corrected chi connectivity index (χ0v) is 14.0. The van der Waals surface area contributed by atoms with Crippen molar-refractivity contribution in [3.05, 3.63) is 70.2 Å². The molecule has 5 heteroatoms. The molecule has 2 aromatic carbocycles. The van der Waals surface area contributed by atoms with Gasteiger partial charge in [-0.25, -0.2) is 4.79 Å². The lowest BCUT2D eigenvalue weighted by molar-refractivity contribution is -0.130. The topological polar surface area (TPSA) is 55.4 Å². The minimum absolute atomic E-state index is 0.207. The van der Waals surface area contributed by atoms with Crippen molar-refractivity contribution in [1.29, 1.82) is 0 Å². The Kier molecular flexibility index (Phi) is 4.76. The molecule has 0 aliphatic heterocycles. The lowest BCUT2D eigenvalue weighted by Crippen LogP contribution is -2.33. The average Bonchev–Trinajstić information content (AvgIpc) is 3.37. The molecule has 1 N–H and O–H groups in total. The molecule has 3 rings (SSSR count). The number of rotatable bonds is 5. The first-order valence-electron chi connectivity index (χ1n) is 7.45. The van der Waals surface area contributed by atoms with Crippen molar-refractivity contribution >= 4 is 27.8 Å². The van der Waals surface area contributed by atoms with Gasteiger partial charge >= 0.3 is 5.97 Å². The summed E-state index contributed by atoms with van der Waals surface area (Å²) in [6.45, 7) is 0. The van der Waals surface area contributed by atoms with Gasteiger partial charge in [0.2, 0.25) is 6.10 Å². The molecular weight excluding hydrogens is 358 g/mol. The number of hydrogen-bond acceptors (Lipinski definition) is 3. The summed E-state index contributed by atoms with van der Waals surface area (Å²) in [5, 5.41) is 2.90. The van der Waals surface area contributed by atoms with Crippen molar-refractivity contribution in [3.8, 4) is 0 Å². The Hall–Kier alpha value is -2.14. The van der Waals surface area contributed by atoms with Crippen LogP contribution >= 0.6 is 15.9 Å². The molecule has 1 aliphatic rings. The average molecular weight is 374 g/mol. The highest BCUT2D eigenvalue weighted by atomic mass is 79.9. The van der Waals surface area contributed by atoms with Crippen LogP contribution in [0.4, 0.5) is 0 Å². The maximum Gasteiger partial charge on any atom is 0.339 e. The normalized spacial score (nSPS) is 14.8. The molecule has 0 saturated heterocycles. The van der Waals surface area contributed by atoms with Gasteiger partial charge in [-0.05, 0) is 31.0 Å². The molecule has 4 nitrogen and oxygen atoms in total. The molecule has 0 spiro atoms. The first-order valence-corrected chi connectivity index (χ1v) is 8.24. The molecule has 1 amide bonds. The minimum atomic E-state index is -0.941. The van der Waals surface area contributed by atoms with Gasteiger partial charge < -0.3 is 10.1 Å². The molecule has 0 radical (unpaired) electrons. The van der Waals surface area contributed by atoms with Crippen molar-refractivity contribution in [2.24, 2.45) is 0 Å². The van der Waals surface area contributed by atoms with Crippen molar-refractivity contribution in [1.82, 2.24) is 5.32 Å². The molecule has 1 aliphatic carbocycles. The largest absolute Gasteiger partial charge is 0.444 e. The number of esters is 1. The Balaban J connectivity index is 1.80. The number of ether oxygens (including phenoxy) is 1. The molecule has 1 saturated carbocycles. The third kappa shape index (κ3) is 4.20. The predicted octanol–water partition coefficient (Wildman–Crippen LogP) is 3.63. The van der Waals surface area contributed by atoms with Gasteiger partial charge in [0.15, 0.2) is 0 Å². The molecule has 1 fully saturated rings. The van der Waals surface area contributed by atoms with Crippen LogP contribution < -0.4 is 5.32 Å². The van der Waals surface area contributed by atoms with Crippen molar-refractivity contribution in [2.45, 2.75) is 25.0 Å². The third-order valence-corrected chi connectivity index (χ3v) is 4.04. The van der Waals surface area contributed by atoms with E-state index in [-0.39, 0.29) is 11.9 Å². The number of carbonyl (C=O) groups is 2. The summed E-state index contributed by atoms with van der Waals surface area (Å²) in [6.07, 6.45) is 1.02. The maximum atomic E-state index is 12.4. The Morgan fingerprint density at radius 2 is 1.83 bits per heavy atom. The van der Waals surface area contributed by atoms with Crippen LogP contribution in [-0.4, -0.2) is 17.9 Å². The van der Waals surface area contributed by atoms with Crippen molar-refractivity contribution < 1.29 is 14.3 Å². The molecule has 2 aromatic rings. The predicted molar refractivity (Wildman–Crippen MR) is 89.9 cm³/mol. The van der Waals surface area contributed by atoms with E-state index >= 15 is 0 Å². The molecule has 0 heterocycles. The lowest BCUT2D eigenvalue weighted by Gasteiger charge is -2.18. The molecule has 0 bridgehead atoms.